The lowest BCUT2D eigenvalue weighted by Gasteiger charge is -2.33. The molecule has 3 rings (SSSR count). The third-order valence-electron chi connectivity index (χ3n) is 3.39. The van der Waals surface area contributed by atoms with Crippen LogP contribution in [0.2, 0.25) is 0 Å². The molecular formula is C13H15N3O3S. The summed E-state index contributed by atoms with van der Waals surface area (Å²) < 4.78 is 5.43. The van der Waals surface area contributed by atoms with Crippen LogP contribution in [0.3, 0.4) is 0 Å². The first kappa shape index (κ1) is 13.3. The Bertz CT molecular complexity index is 575. The average Bonchev–Trinajstić information content (AvgIpc) is 3.12. The van der Waals surface area contributed by atoms with E-state index in [1.54, 1.807) is 17.4 Å². The summed E-state index contributed by atoms with van der Waals surface area (Å²) in [6.07, 6.45) is 0. The summed E-state index contributed by atoms with van der Waals surface area (Å²) in [7, 11) is 0. The first-order chi connectivity index (χ1) is 9.75. The number of hydrogen-bond acceptors (Lipinski definition) is 6. The maximum atomic E-state index is 10.8. The minimum absolute atomic E-state index is 0.0363. The van der Waals surface area contributed by atoms with Gasteiger partial charge >= 0.3 is 5.88 Å². The number of furan rings is 1. The number of nitro groups is 1. The second-order valence-electron chi connectivity index (χ2n) is 4.64. The second-order valence-corrected chi connectivity index (χ2v) is 5.62. The van der Waals surface area contributed by atoms with Gasteiger partial charge in [-0.15, -0.1) is 11.3 Å². The van der Waals surface area contributed by atoms with Crippen molar-refractivity contribution in [1.29, 1.82) is 0 Å². The van der Waals surface area contributed by atoms with E-state index >= 15 is 0 Å². The Morgan fingerprint density at radius 1 is 1.35 bits per heavy atom. The van der Waals surface area contributed by atoms with Crippen LogP contribution in [-0.2, 0) is 0 Å². The summed E-state index contributed by atoms with van der Waals surface area (Å²) in [5.41, 5.74) is 0. The van der Waals surface area contributed by atoms with E-state index in [2.05, 4.69) is 10.2 Å². The molecule has 0 spiro atoms. The molecule has 0 bridgehead atoms. The van der Waals surface area contributed by atoms with Crippen molar-refractivity contribution in [3.05, 3.63) is 50.4 Å². The highest BCUT2D eigenvalue weighted by Crippen LogP contribution is 2.34. The Hall–Kier alpha value is -1.70. The Morgan fingerprint density at radius 2 is 2.15 bits per heavy atom. The molecule has 1 aliphatic heterocycles. The zero-order valence-electron chi connectivity index (χ0n) is 10.8. The molecule has 7 heteroatoms. The fourth-order valence-electron chi connectivity index (χ4n) is 2.47. The highest BCUT2D eigenvalue weighted by Gasteiger charge is 2.28. The van der Waals surface area contributed by atoms with Gasteiger partial charge < -0.3 is 9.73 Å². The molecule has 0 saturated carbocycles. The van der Waals surface area contributed by atoms with Crippen LogP contribution < -0.4 is 5.32 Å². The number of thiophene rings is 1. The van der Waals surface area contributed by atoms with Gasteiger partial charge in [0, 0.05) is 31.1 Å². The van der Waals surface area contributed by atoms with Gasteiger partial charge in [-0.2, -0.15) is 0 Å². The number of hydrogen-bond donors (Lipinski definition) is 1. The Morgan fingerprint density at radius 3 is 2.75 bits per heavy atom. The van der Waals surface area contributed by atoms with Crippen molar-refractivity contribution in [3.63, 3.8) is 0 Å². The zero-order valence-corrected chi connectivity index (χ0v) is 11.6. The lowest BCUT2D eigenvalue weighted by molar-refractivity contribution is -0.402. The fourth-order valence-corrected chi connectivity index (χ4v) is 3.34. The second kappa shape index (κ2) is 5.74. The molecule has 0 aromatic carbocycles. The molecule has 0 aliphatic carbocycles. The van der Waals surface area contributed by atoms with Crippen molar-refractivity contribution in [3.8, 4) is 0 Å². The summed E-state index contributed by atoms with van der Waals surface area (Å²) in [5.74, 6) is 0.442. The number of rotatable bonds is 4. The smallest absolute Gasteiger partial charge is 0.404 e. The van der Waals surface area contributed by atoms with Gasteiger partial charge in [-0.1, -0.05) is 6.07 Å². The monoisotopic (exact) mass is 293 g/mol. The van der Waals surface area contributed by atoms with Crippen LogP contribution in [0.5, 0.6) is 0 Å². The van der Waals surface area contributed by atoms with E-state index in [4.69, 9.17) is 4.42 Å². The molecule has 3 heterocycles. The number of nitrogens with zero attached hydrogens (tertiary/aromatic N) is 2. The normalized spacial score (nSPS) is 18.0. The summed E-state index contributed by atoms with van der Waals surface area (Å²) in [4.78, 5) is 13.7. The van der Waals surface area contributed by atoms with E-state index in [0.717, 1.165) is 31.1 Å². The van der Waals surface area contributed by atoms with E-state index in [1.807, 2.05) is 17.5 Å². The Kier molecular flexibility index (Phi) is 3.81. The zero-order chi connectivity index (χ0) is 13.9. The van der Waals surface area contributed by atoms with Crippen LogP contribution in [0.4, 0.5) is 5.88 Å². The molecule has 1 saturated heterocycles. The highest BCUT2D eigenvalue weighted by molar-refractivity contribution is 7.10. The molecular weight excluding hydrogens is 278 g/mol. The predicted octanol–water partition coefficient (Wildman–Crippen LogP) is 2.24. The van der Waals surface area contributed by atoms with Crippen molar-refractivity contribution in [2.45, 2.75) is 6.04 Å². The summed E-state index contributed by atoms with van der Waals surface area (Å²) in [5, 5.41) is 16.1. The molecule has 1 atom stereocenters. The first-order valence-electron chi connectivity index (χ1n) is 6.48. The summed E-state index contributed by atoms with van der Waals surface area (Å²) in [6.45, 7) is 3.64. The van der Waals surface area contributed by atoms with Crippen LogP contribution >= 0.6 is 11.3 Å². The molecule has 1 fully saturated rings. The molecule has 6 nitrogen and oxygen atoms in total. The van der Waals surface area contributed by atoms with Crippen LogP contribution in [0.25, 0.3) is 0 Å². The van der Waals surface area contributed by atoms with Crippen molar-refractivity contribution in [2.75, 3.05) is 26.2 Å². The van der Waals surface area contributed by atoms with Gasteiger partial charge in [-0.3, -0.25) is 15.0 Å². The van der Waals surface area contributed by atoms with Gasteiger partial charge in [-0.25, -0.2) is 0 Å². The van der Waals surface area contributed by atoms with E-state index in [1.165, 1.54) is 6.07 Å². The van der Waals surface area contributed by atoms with Crippen LogP contribution in [-0.4, -0.2) is 36.0 Å². The molecule has 0 amide bonds. The lowest BCUT2D eigenvalue weighted by atomic mass is 10.1. The predicted molar refractivity (Wildman–Crippen MR) is 76.0 cm³/mol. The molecule has 1 aliphatic rings. The molecule has 0 unspecified atom stereocenters. The van der Waals surface area contributed by atoms with Crippen LogP contribution in [0.15, 0.2) is 34.1 Å². The molecule has 2 aromatic heterocycles. The molecule has 20 heavy (non-hydrogen) atoms. The minimum Gasteiger partial charge on any atom is -0.404 e. The molecule has 106 valence electrons. The average molecular weight is 293 g/mol. The van der Waals surface area contributed by atoms with Gasteiger partial charge in [-0.05, 0) is 17.5 Å². The standard InChI is InChI=1S/C13H15N3O3S/c17-16(18)12-4-3-10(19-12)13(11-2-1-9-20-11)15-7-5-14-6-8-15/h1-4,9,13-14H,5-8H2/t13-/m0/s1. The maximum absolute atomic E-state index is 10.8. The molecule has 0 radical (unpaired) electrons. The van der Waals surface area contributed by atoms with Crippen molar-refractivity contribution < 1.29 is 9.34 Å². The van der Waals surface area contributed by atoms with E-state index in [0.29, 0.717) is 5.76 Å². The SMILES string of the molecule is O=[N+]([O-])c1ccc([C@@H](c2cccs2)N2CCNCC2)o1. The third-order valence-corrected chi connectivity index (χ3v) is 4.32. The molecule has 1 N–H and O–H groups in total. The molecule has 2 aromatic rings. The van der Waals surface area contributed by atoms with Crippen molar-refractivity contribution in [1.82, 2.24) is 10.2 Å². The quantitative estimate of drug-likeness (QED) is 0.691. The van der Waals surface area contributed by atoms with Crippen LogP contribution in [0.1, 0.15) is 16.7 Å². The van der Waals surface area contributed by atoms with Gasteiger partial charge in [0.15, 0.2) is 0 Å². The largest absolute Gasteiger partial charge is 0.433 e. The van der Waals surface area contributed by atoms with Crippen molar-refractivity contribution >= 4 is 17.2 Å². The summed E-state index contributed by atoms with van der Waals surface area (Å²) >= 11 is 1.65. The van der Waals surface area contributed by atoms with Crippen LogP contribution in [0, 0.1) is 10.1 Å². The highest BCUT2D eigenvalue weighted by atomic mass is 32.1. The third kappa shape index (κ3) is 2.60. The van der Waals surface area contributed by atoms with E-state index in [-0.39, 0.29) is 11.9 Å². The number of nitrogens with one attached hydrogen (secondary N) is 1. The lowest BCUT2D eigenvalue weighted by Crippen LogP contribution is -2.45. The fraction of sp³-hybridized carbons (Fsp3) is 0.385. The first-order valence-corrected chi connectivity index (χ1v) is 7.36. The van der Waals surface area contributed by atoms with Gasteiger partial charge in [0.2, 0.25) is 0 Å². The van der Waals surface area contributed by atoms with Gasteiger partial charge in [0.1, 0.15) is 16.7 Å². The number of piperazine rings is 1. The summed E-state index contributed by atoms with van der Waals surface area (Å²) in [6, 6.07) is 7.15. The van der Waals surface area contributed by atoms with Gasteiger partial charge in [0.05, 0.1) is 6.07 Å². The van der Waals surface area contributed by atoms with Crippen molar-refractivity contribution in [2.24, 2.45) is 0 Å². The van der Waals surface area contributed by atoms with E-state index < -0.39 is 4.92 Å². The van der Waals surface area contributed by atoms with E-state index in [9.17, 15) is 10.1 Å². The Balaban J connectivity index is 1.93. The topological polar surface area (TPSA) is 71.6 Å². The Labute approximate surface area is 120 Å². The minimum atomic E-state index is -0.493. The van der Waals surface area contributed by atoms with Gasteiger partial charge in [0.25, 0.3) is 0 Å². The maximum Gasteiger partial charge on any atom is 0.433 e.